The van der Waals surface area contributed by atoms with Gasteiger partial charge in [-0.05, 0) is 37.1 Å². The maximum Gasteiger partial charge on any atom is 0.258 e. The number of aromatic nitrogens is 2. The minimum atomic E-state index is -0.557. The van der Waals surface area contributed by atoms with Crippen LogP contribution in [0.4, 0.5) is 0 Å². The normalized spacial score (nSPS) is 16.5. The van der Waals surface area contributed by atoms with Gasteiger partial charge in [-0.1, -0.05) is 23.7 Å². The second-order valence-corrected chi connectivity index (χ2v) is 7.17. The van der Waals surface area contributed by atoms with Crippen LogP contribution in [0.2, 0.25) is 5.02 Å². The standard InChI is InChI=1S/C20H19ClN4O3/c21-13-7-8-18-23-14(12-24(18)11-13)10-22-19(27)16-5-3-9-25(16)20(28)15-4-1-2-6-17(15)26/h1-2,4,6-8,11-12,16,26H,3,5,9-10H2,(H,22,27). The Morgan fingerprint density at radius 3 is 2.86 bits per heavy atom. The molecule has 2 amide bonds. The molecule has 28 heavy (non-hydrogen) atoms. The number of para-hydroxylation sites is 1. The molecule has 0 bridgehead atoms. The smallest absolute Gasteiger partial charge is 0.258 e. The number of pyridine rings is 1. The van der Waals surface area contributed by atoms with Gasteiger partial charge in [-0.15, -0.1) is 0 Å². The zero-order chi connectivity index (χ0) is 19.7. The molecule has 0 radical (unpaired) electrons. The minimum absolute atomic E-state index is 0.0816. The van der Waals surface area contributed by atoms with Gasteiger partial charge in [-0.3, -0.25) is 9.59 Å². The van der Waals surface area contributed by atoms with Gasteiger partial charge in [0.1, 0.15) is 17.4 Å². The fourth-order valence-corrected chi connectivity index (χ4v) is 3.66. The van der Waals surface area contributed by atoms with Crippen LogP contribution >= 0.6 is 11.6 Å². The zero-order valence-electron chi connectivity index (χ0n) is 15.0. The Balaban J connectivity index is 1.44. The summed E-state index contributed by atoms with van der Waals surface area (Å²) in [5.41, 5.74) is 1.65. The lowest BCUT2D eigenvalue weighted by atomic mass is 10.1. The van der Waals surface area contributed by atoms with Crippen molar-refractivity contribution in [2.45, 2.75) is 25.4 Å². The molecule has 1 saturated heterocycles. The highest BCUT2D eigenvalue weighted by molar-refractivity contribution is 6.30. The Hall–Kier alpha value is -3.06. The molecule has 3 aromatic rings. The Morgan fingerprint density at radius 1 is 1.21 bits per heavy atom. The van der Waals surface area contributed by atoms with Gasteiger partial charge in [0, 0.05) is 18.9 Å². The number of likely N-dealkylation sites (tertiary alicyclic amines) is 1. The van der Waals surface area contributed by atoms with E-state index < -0.39 is 6.04 Å². The predicted molar refractivity (Wildman–Crippen MR) is 104 cm³/mol. The summed E-state index contributed by atoms with van der Waals surface area (Å²) in [5, 5.41) is 13.4. The van der Waals surface area contributed by atoms with Crippen LogP contribution < -0.4 is 5.32 Å². The topological polar surface area (TPSA) is 86.9 Å². The van der Waals surface area contributed by atoms with Crippen LogP contribution in [0, 0.1) is 0 Å². The summed E-state index contributed by atoms with van der Waals surface area (Å²) in [7, 11) is 0. The number of hydrogen-bond donors (Lipinski definition) is 2. The number of rotatable bonds is 4. The fourth-order valence-electron chi connectivity index (χ4n) is 3.49. The quantitative estimate of drug-likeness (QED) is 0.707. The highest BCUT2D eigenvalue weighted by Crippen LogP contribution is 2.24. The molecule has 1 unspecified atom stereocenters. The molecular weight excluding hydrogens is 380 g/mol. The third-order valence-corrected chi connectivity index (χ3v) is 5.08. The van der Waals surface area contributed by atoms with Gasteiger partial charge in [-0.2, -0.15) is 0 Å². The van der Waals surface area contributed by atoms with Crippen LogP contribution in [0.1, 0.15) is 28.9 Å². The van der Waals surface area contributed by atoms with Crippen molar-refractivity contribution >= 4 is 29.1 Å². The number of phenols is 1. The molecule has 1 fully saturated rings. The first-order chi connectivity index (χ1) is 13.5. The van der Waals surface area contributed by atoms with E-state index in [4.69, 9.17) is 11.6 Å². The number of halogens is 1. The van der Waals surface area contributed by atoms with Crippen molar-refractivity contribution in [1.29, 1.82) is 0 Å². The van der Waals surface area contributed by atoms with Gasteiger partial charge in [0.2, 0.25) is 5.91 Å². The van der Waals surface area contributed by atoms with Crippen molar-refractivity contribution in [3.63, 3.8) is 0 Å². The van der Waals surface area contributed by atoms with Crippen LogP contribution in [0.3, 0.4) is 0 Å². The second-order valence-electron chi connectivity index (χ2n) is 6.74. The molecule has 0 saturated carbocycles. The average Bonchev–Trinajstić information content (AvgIpc) is 3.32. The number of amides is 2. The number of carbonyl (C=O) groups is 2. The van der Waals surface area contributed by atoms with Gasteiger partial charge in [0.25, 0.3) is 5.91 Å². The lowest BCUT2D eigenvalue weighted by Gasteiger charge is -2.24. The van der Waals surface area contributed by atoms with Crippen LogP contribution in [0.15, 0.2) is 48.8 Å². The summed E-state index contributed by atoms with van der Waals surface area (Å²) < 4.78 is 1.80. The maximum absolute atomic E-state index is 12.8. The van der Waals surface area contributed by atoms with Crippen molar-refractivity contribution in [3.05, 3.63) is 65.1 Å². The molecule has 1 aliphatic rings. The van der Waals surface area contributed by atoms with Crippen LogP contribution in [0.5, 0.6) is 5.75 Å². The predicted octanol–water partition coefficient (Wildman–Crippen LogP) is 2.61. The minimum Gasteiger partial charge on any atom is -0.507 e. The molecule has 1 aromatic carbocycles. The largest absolute Gasteiger partial charge is 0.507 e. The van der Waals surface area contributed by atoms with Crippen LogP contribution in [0.25, 0.3) is 5.65 Å². The highest BCUT2D eigenvalue weighted by Gasteiger charge is 2.35. The molecule has 7 nitrogen and oxygen atoms in total. The first-order valence-corrected chi connectivity index (χ1v) is 9.40. The van der Waals surface area contributed by atoms with Gasteiger partial charge in [-0.25, -0.2) is 4.98 Å². The van der Waals surface area contributed by atoms with E-state index in [2.05, 4.69) is 10.3 Å². The van der Waals surface area contributed by atoms with Crippen molar-refractivity contribution in [3.8, 4) is 5.75 Å². The van der Waals surface area contributed by atoms with E-state index >= 15 is 0 Å². The Labute approximate surface area is 166 Å². The molecule has 2 aromatic heterocycles. The number of aromatic hydroxyl groups is 1. The van der Waals surface area contributed by atoms with Gasteiger partial charge >= 0.3 is 0 Å². The number of fused-ring (bicyclic) bond motifs is 1. The Bertz CT molecular complexity index is 1050. The van der Waals surface area contributed by atoms with E-state index in [0.717, 1.165) is 12.1 Å². The van der Waals surface area contributed by atoms with E-state index in [1.54, 1.807) is 47.1 Å². The lowest BCUT2D eigenvalue weighted by Crippen LogP contribution is -2.45. The maximum atomic E-state index is 12.8. The van der Waals surface area contributed by atoms with Crippen LogP contribution in [-0.2, 0) is 11.3 Å². The molecule has 1 aliphatic heterocycles. The Kier molecular flexibility index (Phi) is 4.92. The molecule has 1 atom stereocenters. The monoisotopic (exact) mass is 398 g/mol. The van der Waals surface area contributed by atoms with E-state index in [0.29, 0.717) is 23.7 Å². The molecule has 0 spiro atoms. The van der Waals surface area contributed by atoms with E-state index in [-0.39, 0.29) is 29.7 Å². The van der Waals surface area contributed by atoms with Crippen molar-refractivity contribution in [2.24, 2.45) is 0 Å². The van der Waals surface area contributed by atoms with E-state index in [1.165, 1.54) is 11.0 Å². The zero-order valence-corrected chi connectivity index (χ0v) is 15.8. The summed E-state index contributed by atoms with van der Waals surface area (Å²) in [6.45, 7) is 0.741. The second kappa shape index (κ2) is 7.52. The van der Waals surface area contributed by atoms with Gasteiger partial charge in [0.05, 0.1) is 22.8 Å². The average molecular weight is 399 g/mol. The third kappa shape index (κ3) is 3.53. The molecule has 2 N–H and O–H groups in total. The van der Waals surface area contributed by atoms with Gasteiger partial charge in [0.15, 0.2) is 0 Å². The lowest BCUT2D eigenvalue weighted by molar-refractivity contribution is -0.125. The number of phenolic OH excluding ortho intramolecular Hbond substituents is 1. The SMILES string of the molecule is O=C(NCc1cn2cc(Cl)ccc2n1)C1CCCN1C(=O)c1ccccc1O. The van der Waals surface area contributed by atoms with E-state index in [9.17, 15) is 14.7 Å². The van der Waals surface area contributed by atoms with E-state index in [1.807, 2.05) is 0 Å². The highest BCUT2D eigenvalue weighted by atomic mass is 35.5. The summed E-state index contributed by atoms with van der Waals surface area (Å²) in [5.74, 6) is -0.642. The van der Waals surface area contributed by atoms with Crippen molar-refractivity contribution < 1.29 is 14.7 Å². The summed E-state index contributed by atoms with van der Waals surface area (Å²) in [6.07, 6.45) is 4.89. The summed E-state index contributed by atoms with van der Waals surface area (Å²) in [4.78, 5) is 31.4. The first-order valence-electron chi connectivity index (χ1n) is 9.03. The third-order valence-electron chi connectivity index (χ3n) is 4.86. The molecule has 3 heterocycles. The number of benzene rings is 1. The number of hydrogen-bond acceptors (Lipinski definition) is 4. The molecule has 0 aliphatic carbocycles. The first kappa shape index (κ1) is 18.3. The number of nitrogens with one attached hydrogen (secondary N) is 1. The van der Waals surface area contributed by atoms with Crippen molar-refractivity contribution in [1.82, 2.24) is 19.6 Å². The van der Waals surface area contributed by atoms with Gasteiger partial charge < -0.3 is 19.7 Å². The summed E-state index contributed by atoms with van der Waals surface area (Å²) in [6, 6.07) is 9.38. The molecular formula is C20H19ClN4O3. The number of nitrogens with zero attached hydrogens (tertiary/aromatic N) is 3. The fraction of sp³-hybridized carbons (Fsp3) is 0.250. The Morgan fingerprint density at radius 2 is 2.04 bits per heavy atom. The molecule has 4 rings (SSSR count). The summed E-state index contributed by atoms with van der Waals surface area (Å²) >= 11 is 5.98. The van der Waals surface area contributed by atoms with Crippen LogP contribution in [-0.4, -0.2) is 43.8 Å². The van der Waals surface area contributed by atoms with Crippen molar-refractivity contribution in [2.75, 3.05) is 6.54 Å². The number of imidazole rings is 1. The number of carbonyl (C=O) groups excluding carboxylic acids is 2. The molecule has 8 heteroatoms. The molecule has 144 valence electrons.